The van der Waals surface area contributed by atoms with Crippen LogP contribution in [0.1, 0.15) is 13.8 Å². The van der Waals surface area contributed by atoms with Crippen molar-refractivity contribution in [1.82, 2.24) is 0 Å². The Morgan fingerprint density at radius 3 is 2.40 bits per heavy atom. The van der Waals surface area contributed by atoms with Crippen LogP contribution in [0.3, 0.4) is 0 Å². The van der Waals surface area contributed by atoms with E-state index in [1.54, 1.807) is 6.92 Å². The van der Waals surface area contributed by atoms with E-state index in [-0.39, 0.29) is 11.8 Å². The van der Waals surface area contributed by atoms with E-state index < -0.39 is 12.4 Å². The molecule has 1 aliphatic heterocycles. The molecule has 0 saturated carbocycles. The quantitative estimate of drug-likeness (QED) is 0.504. The van der Waals surface area contributed by atoms with Crippen LogP contribution in [0.15, 0.2) is 0 Å². The molecule has 0 aromatic rings. The van der Waals surface area contributed by atoms with E-state index >= 15 is 0 Å². The molecule has 1 saturated heterocycles. The second-order valence-electron chi connectivity index (χ2n) is 3.05. The van der Waals surface area contributed by atoms with Crippen LogP contribution in [0.2, 0.25) is 0 Å². The lowest BCUT2D eigenvalue weighted by molar-refractivity contribution is -0.206. The monoisotopic (exact) mass is 146 g/mol. The van der Waals surface area contributed by atoms with E-state index in [1.807, 2.05) is 6.92 Å². The maximum atomic E-state index is 9.38. The van der Waals surface area contributed by atoms with Crippen LogP contribution in [0.25, 0.3) is 0 Å². The first-order valence-corrected chi connectivity index (χ1v) is 3.60. The molecule has 1 aliphatic rings. The standard InChI is InChI=1S/C7H14O3/c1-4-3-10-7(9)5(2)6(4)8/h4-9H,3H2,1-2H3/t4-,5?,6+,7?/m1/s1. The van der Waals surface area contributed by atoms with Crippen LogP contribution in [-0.2, 0) is 4.74 Å². The Balaban J connectivity index is 2.52. The molecular weight excluding hydrogens is 132 g/mol. The predicted octanol–water partition coefficient (Wildman–Crippen LogP) is -0.0319. The molecule has 10 heavy (non-hydrogen) atoms. The Morgan fingerprint density at radius 2 is 1.90 bits per heavy atom. The molecule has 60 valence electrons. The third-order valence-electron chi connectivity index (χ3n) is 2.10. The number of ether oxygens (including phenoxy) is 1. The van der Waals surface area contributed by atoms with Crippen molar-refractivity contribution < 1.29 is 14.9 Å². The number of aliphatic hydroxyl groups excluding tert-OH is 2. The zero-order valence-corrected chi connectivity index (χ0v) is 6.32. The summed E-state index contributed by atoms with van der Waals surface area (Å²) in [4.78, 5) is 0. The Labute approximate surface area is 60.6 Å². The van der Waals surface area contributed by atoms with E-state index in [2.05, 4.69) is 0 Å². The lowest BCUT2D eigenvalue weighted by atomic mass is 9.91. The second-order valence-corrected chi connectivity index (χ2v) is 3.05. The molecule has 0 amide bonds. The van der Waals surface area contributed by atoms with Crippen molar-refractivity contribution in [2.45, 2.75) is 26.2 Å². The molecular formula is C7H14O3. The van der Waals surface area contributed by atoms with Gasteiger partial charge in [-0.3, -0.25) is 0 Å². The summed E-state index contributed by atoms with van der Waals surface area (Å²) < 4.78 is 4.97. The van der Waals surface area contributed by atoms with Gasteiger partial charge in [0.1, 0.15) is 0 Å². The molecule has 1 fully saturated rings. The summed E-state index contributed by atoms with van der Waals surface area (Å²) in [5.41, 5.74) is 0. The van der Waals surface area contributed by atoms with E-state index in [0.717, 1.165) is 0 Å². The number of hydrogen-bond donors (Lipinski definition) is 2. The minimum Gasteiger partial charge on any atom is -0.392 e. The van der Waals surface area contributed by atoms with Crippen LogP contribution >= 0.6 is 0 Å². The number of rotatable bonds is 0. The van der Waals surface area contributed by atoms with Gasteiger partial charge in [0.15, 0.2) is 6.29 Å². The molecule has 3 nitrogen and oxygen atoms in total. The highest BCUT2D eigenvalue weighted by molar-refractivity contribution is 4.76. The molecule has 0 radical (unpaired) electrons. The van der Waals surface area contributed by atoms with Crippen LogP contribution in [0.5, 0.6) is 0 Å². The predicted molar refractivity (Wildman–Crippen MR) is 36.3 cm³/mol. The van der Waals surface area contributed by atoms with E-state index in [0.29, 0.717) is 6.61 Å². The van der Waals surface area contributed by atoms with Crippen molar-refractivity contribution in [3.05, 3.63) is 0 Å². The first-order chi connectivity index (χ1) is 4.63. The first-order valence-electron chi connectivity index (χ1n) is 3.60. The van der Waals surface area contributed by atoms with Gasteiger partial charge in [-0.2, -0.15) is 0 Å². The lowest BCUT2D eigenvalue weighted by Gasteiger charge is -2.34. The fraction of sp³-hybridized carbons (Fsp3) is 1.00. The largest absolute Gasteiger partial charge is 0.392 e. The third kappa shape index (κ3) is 1.31. The summed E-state index contributed by atoms with van der Waals surface area (Å²) in [6.45, 7) is 4.14. The van der Waals surface area contributed by atoms with Crippen molar-refractivity contribution in [1.29, 1.82) is 0 Å². The fourth-order valence-electron chi connectivity index (χ4n) is 1.19. The molecule has 0 aromatic heterocycles. The highest BCUT2D eigenvalue weighted by Crippen LogP contribution is 2.23. The summed E-state index contributed by atoms with van der Waals surface area (Å²) in [5, 5.41) is 18.5. The normalized spacial score (nSPS) is 49.2. The summed E-state index contributed by atoms with van der Waals surface area (Å²) in [7, 11) is 0. The van der Waals surface area contributed by atoms with Gasteiger partial charge >= 0.3 is 0 Å². The highest BCUT2D eigenvalue weighted by Gasteiger charge is 2.32. The van der Waals surface area contributed by atoms with Crippen molar-refractivity contribution >= 4 is 0 Å². The van der Waals surface area contributed by atoms with Crippen molar-refractivity contribution in [2.24, 2.45) is 11.8 Å². The first kappa shape index (κ1) is 7.98. The summed E-state index contributed by atoms with van der Waals surface area (Å²) in [6.07, 6.45) is -1.21. The smallest absolute Gasteiger partial charge is 0.159 e. The zero-order chi connectivity index (χ0) is 7.72. The zero-order valence-electron chi connectivity index (χ0n) is 6.32. The Hall–Kier alpha value is -0.120. The van der Waals surface area contributed by atoms with Gasteiger partial charge in [0, 0.05) is 11.8 Å². The number of aliphatic hydroxyl groups is 2. The highest BCUT2D eigenvalue weighted by atomic mass is 16.6. The van der Waals surface area contributed by atoms with Gasteiger partial charge in [-0.15, -0.1) is 0 Å². The topological polar surface area (TPSA) is 49.7 Å². The molecule has 0 aromatic carbocycles. The van der Waals surface area contributed by atoms with Crippen LogP contribution in [0.4, 0.5) is 0 Å². The lowest BCUT2D eigenvalue weighted by Crippen LogP contribution is -2.43. The van der Waals surface area contributed by atoms with Gasteiger partial charge < -0.3 is 14.9 Å². The molecule has 1 rings (SSSR count). The Bertz CT molecular complexity index is 101. The van der Waals surface area contributed by atoms with E-state index in [9.17, 15) is 5.11 Å². The van der Waals surface area contributed by atoms with Gasteiger partial charge in [0.2, 0.25) is 0 Å². The van der Waals surface area contributed by atoms with Gasteiger partial charge in [0.05, 0.1) is 12.7 Å². The van der Waals surface area contributed by atoms with Crippen molar-refractivity contribution in [3.63, 3.8) is 0 Å². The van der Waals surface area contributed by atoms with Crippen molar-refractivity contribution in [3.8, 4) is 0 Å². The summed E-state index contributed by atoms with van der Waals surface area (Å²) in [6, 6.07) is 0. The molecule has 2 unspecified atom stereocenters. The van der Waals surface area contributed by atoms with Gasteiger partial charge in [-0.25, -0.2) is 0 Å². The van der Waals surface area contributed by atoms with E-state index in [4.69, 9.17) is 9.84 Å². The molecule has 0 aliphatic carbocycles. The molecule has 3 heteroatoms. The molecule has 4 atom stereocenters. The fourth-order valence-corrected chi connectivity index (χ4v) is 1.19. The minimum absolute atomic E-state index is 0.137. The van der Waals surface area contributed by atoms with E-state index in [1.165, 1.54) is 0 Å². The Morgan fingerprint density at radius 1 is 1.30 bits per heavy atom. The summed E-state index contributed by atoms with van der Waals surface area (Å²) >= 11 is 0. The van der Waals surface area contributed by atoms with Gasteiger partial charge in [0.25, 0.3) is 0 Å². The molecule has 1 heterocycles. The average molecular weight is 146 g/mol. The van der Waals surface area contributed by atoms with Crippen LogP contribution in [-0.4, -0.2) is 29.2 Å². The third-order valence-corrected chi connectivity index (χ3v) is 2.10. The molecule has 0 bridgehead atoms. The van der Waals surface area contributed by atoms with Gasteiger partial charge in [-0.1, -0.05) is 13.8 Å². The average Bonchev–Trinajstić information content (AvgIpc) is 1.93. The molecule has 0 spiro atoms. The maximum Gasteiger partial charge on any atom is 0.159 e. The minimum atomic E-state index is -0.786. The molecule has 2 N–H and O–H groups in total. The van der Waals surface area contributed by atoms with Gasteiger partial charge in [-0.05, 0) is 0 Å². The summed E-state index contributed by atoms with van der Waals surface area (Å²) in [5.74, 6) is -0.0258. The van der Waals surface area contributed by atoms with Crippen LogP contribution in [0, 0.1) is 11.8 Å². The SMILES string of the molecule is CC1C(O)OC[C@@H](C)[C@@H]1O. The van der Waals surface area contributed by atoms with Crippen LogP contribution < -0.4 is 0 Å². The second kappa shape index (κ2) is 2.86. The maximum absolute atomic E-state index is 9.38. The number of hydrogen-bond acceptors (Lipinski definition) is 3. The van der Waals surface area contributed by atoms with Crippen molar-refractivity contribution in [2.75, 3.05) is 6.61 Å². The Kier molecular flexibility index (Phi) is 2.28.